The van der Waals surface area contributed by atoms with Crippen molar-refractivity contribution in [2.45, 2.75) is 13.3 Å². The van der Waals surface area contributed by atoms with E-state index in [1.807, 2.05) is 4.72 Å². The Kier molecular flexibility index (Phi) is 5.11. The van der Waals surface area contributed by atoms with E-state index in [1.54, 1.807) is 6.92 Å². The molecule has 0 amide bonds. The largest absolute Gasteiger partial charge is 0.508 e. The topological polar surface area (TPSA) is 92.7 Å². The van der Waals surface area contributed by atoms with E-state index in [0.29, 0.717) is 0 Å². The number of carbonyl (C=O) groups excluding carboxylic acids is 1. The van der Waals surface area contributed by atoms with Crippen LogP contribution in [0.3, 0.4) is 0 Å². The maximum absolute atomic E-state index is 13.3. The molecule has 0 bridgehead atoms. The summed E-state index contributed by atoms with van der Waals surface area (Å²) >= 11 is 0. The van der Waals surface area contributed by atoms with Gasteiger partial charge in [0.1, 0.15) is 5.75 Å². The quantitative estimate of drug-likeness (QED) is 0.607. The SMILES string of the molecule is CCOC(=O)CCS(=O)(=O)Nc1ccc(O)cc1F. The lowest BCUT2D eigenvalue weighted by Gasteiger charge is -2.08. The van der Waals surface area contributed by atoms with Crippen LogP contribution >= 0.6 is 0 Å². The minimum absolute atomic E-state index is 0.166. The van der Waals surface area contributed by atoms with Crippen molar-refractivity contribution in [3.05, 3.63) is 24.0 Å². The summed E-state index contributed by atoms with van der Waals surface area (Å²) in [7, 11) is -3.86. The Morgan fingerprint density at radius 3 is 2.74 bits per heavy atom. The monoisotopic (exact) mass is 291 g/mol. The molecule has 0 aliphatic carbocycles. The molecule has 0 atom stereocenters. The highest BCUT2D eigenvalue weighted by Gasteiger charge is 2.16. The summed E-state index contributed by atoms with van der Waals surface area (Å²) in [6.07, 6.45) is -0.317. The molecule has 0 radical (unpaired) electrons. The number of anilines is 1. The van der Waals surface area contributed by atoms with E-state index in [-0.39, 0.29) is 24.5 Å². The lowest BCUT2D eigenvalue weighted by molar-refractivity contribution is -0.142. The maximum atomic E-state index is 13.3. The molecule has 0 aromatic heterocycles. The minimum Gasteiger partial charge on any atom is -0.508 e. The molecule has 8 heteroatoms. The van der Waals surface area contributed by atoms with Crippen LogP contribution in [0.1, 0.15) is 13.3 Å². The maximum Gasteiger partial charge on any atom is 0.306 e. The number of hydrogen-bond acceptors (Lipinski definition) is 5. The highest BCUT2D eigenvalue weighted by atomic mass is 32.2. The number of hydrogen-bond donors (Lipinski definition) is 2. The van der Waals surface area contributed by atoms with Gasteiger partial charge < -0.3 is 9.84 Å². The molecule has 0 saturated heterocycles. The number of nitrogens with one attached hydrogen (secondary N) is 1. The fourth-order valence-corrected chi connectivity index (χ4v) is 2.29. The van der Waals surface area contributed by atoms with Gasteiger partial charge in [-0.05, 0) is 19.1 Å². The number of aromatic hydroxyl groups is 1. The van der Waals surface area contributed by atoms with Crippen molar-refractivity contribution < 1.29 is 27.4 Å². The Morgan fingerprint density at radius 1 is 1.47 bits per heavy atom. The number of rotatable bonds is 6. The van der Waals surface area contributed by atoms with E-state index in [9.17, 15) is 17.6 Å². The van der Waals surface area contributed by atoms with E-state index >= 15 is 0 Å². The Labute approximate surface area is 110 Å². The van der Waals surface area contributed by atoms with Crippen molar-refractivity contribution in [3.63, 3.8) is 0 Å². The van der Waals surface area contributed by atoms with Crippen molar-refractivity contribution in [1.82, 2.24) is 0 Å². The van der Waals surface area contributed by atoms with Gasteiger partial charge in [0.15, 0.2) is 5.82 Å². The van der Waals surface area contributed by atoms with Gasteiger partial charge in [-0.25, -0.2) is 12.8 Å². The molecule has 6 nitrogen and oxygen atoms in total. The van der Waals surface area contributed by atoms with E-state index < -0.39 is 27.6 Å². The minimum atomic E-state index is -3.86. The van der Waals surface area contributed by atoms with Crippen LogP contribution in [0.15, 0.2) is 18.2 Å². The van der Waals surface area contributed by atoms with Crippen LogP contribution in [0.4, 0.5) is 10.1 Å². The van der Waals surface area contributed by atoms with Crippen molar-refractivity contribution in [2.24, 2.45) is 0 Å². The Bertz CT molecular complexity index is 558. The molecule has 0 unspecified atom stereocenters. The zero-order valence-electron chi connectivity index (χ0n) is 10.2. The van der Waals surface area contributed by atoms with Crippen molar-refractivity contribution >= 4 is 21.7 Å². The zero-order chi connectivity index (χ0) is 14.5. The standard InChI is InChI=1S/C11H14FNO5S/c1-2-18-11(15)5-6-19(16,17)13-10-4-3-8(14)7-9(10)12/h3-4,7,13-14H,2,5-6H2,1H3. The van der Waals surface area contributed by atoms with Crippen LogP contribution < -0.4 is 4.72 Å². The normalized spacial score (nSPS) is 11.1. The molecule has 0 aliphatic heterocycles. The van der Waals surface area contributed by atoms with Gasteiger partial charge in [0.2, 0.25) is 10.0 Å². The highest BCUT2D eigenvalue weighted by Crippen LogP contribution is 2.20. The third kappa shape index (κ3) is 5.12. The first-order valence-electron chi connectivity index (χ1n) is 5.48. The fraction of sp³-hybridized carbons (Fsp3) is 0.364. The summed E-state index contributed by atoms with van der Waals surface area (Å²) in [5.41, 5.74) is -0.290. The van der Waals surface area contributed by atoms with Crippen molar-refractivity contribution in [2.75, 3.05) is 17.1 Å². The first kappa shape index (κ1) is 15.2. The molecular weight excluding hydrogens is 277 g/mol. The molecule has 106 valence electrons. The predicted octanol–water partition coefficient (Wildman–Crippen LogP) is 1.23. The Morgan fingerprint density at radius 2 is 2.16 bits per heavy atom. The summed E-state index contributed by atoms with van der Waals surface area (Å²) in [6, 6.07) is 3.02. The molecule has 0 aliphatic rings. The molecule has 1 aromatic carbocycles. The number of esters is 1. The average Bonchev–Trinajstić information content (AvgIpc) is 2.31. The van der Waals surface area contributed by atoms with Crippen LogP contribution in [-0.4, -0.2) is 31.9 Å². The Balaban J connectivity index is 2.66. The summed E-state index contributed by atoms with van der Waals surface area (Å²) in [5, 5.41) is 8.99. The average molecular weight is 291 g/mol. The number of phenolic OH excluding ortho intramolecular Hbond substituents is 1. The van der Waals surface area contributed by atoms with Crippen LogP contribution in [0.2, 0.25) is 0 Å². The lowest BCUT2D eigenvalue weighted by Crippen LogP contribution is -2.20. The van der Waals surface area contributed by atoms with Crippen molar-refractivity contribution in [1.29, 1.82) is 0 Å². The zero-order valence-corrected chi connectivity index (χ0v) is 11.0. The fourth-order valence-electron chi connectivity index (χ4n) is 1.26. The molecule has 1 aromatic rings. The third-order valence-corrected chi connectivity index (χ3v) is 3.37. The second-order valence-electron chi connectivity index (χ2n) is 3.64. The predicted molar refractivity (Wildman–Crippen MR) is 66.7 cm³/mol. The number of benzene rings is 1. The number of ether oxygens (including phenoxy) is 1. The van der Waals surface area contributed by atoms with Gasteiger partial charge in [-0.15, -0.1) is 0 Å². The summed E-state index contributed by atoms with van der Waals surface area (Å²) in [4.78, 5) is 11.0. The molecule has 19 heavy (non-hydrogen) atoms. The first-order valence-corrected chi connectivity index (χ1v) is 7.14. The third-order valence-electron chi connectivity index (χ3n) is 2.10. The van der Waals surface area contributed by atoms with Crippen LogP contribution in [0.25, 0.3) is 0 Å². The van der Waals surface area contributed by atoms with Gasteiger partial charge in [-0.3, -0.25) is 9.52 Å². The number of halogens is 1. The molecule has 0 fully saturated rings. The molecule has 2 N–H and O–H groups in total. The number of phenols is 1. The first-order chi connectivity index (χ1) is 8.84. The van der Waals surface area contributed by atoms with E-state index in [1.165, 1.54) is 0 Å². The molecule has 0 heterocycles. The summed E-state index contributed by atoms with van der Waals surface area (Å²) in [5.74, 6) is -2.36. The van der Waals surface area contributed by atoms with Crippen LogP contribution in [-0.2, 0) is 19.6 Å². The lowest BCUT2D eigenvalue weighted by atomic mass is 10.3. The van der Waals surface area contributed by atoms with E-state index in [0.717, 1.165) is 18.2 Å². The summed E-state index contributed by atoms with van der Waals surface area (Å²) < 4.78 is 43.1. The molecular formula is C11H14FNO5S. The van der Waals surface area contributed by atoms with Gasteiger partial charge in [-0.2, -0.15) is 0 Å². The van der Waals surface area contributed by atoms with Gasteiger partial charge in [0.05, 0.1) is 24.5 Å². The van der Waals surface area contributed by atoms with E-state index in [2.05, 4.69) is 4.74 Å². The second-order valence-corrected chi connectivity index (χ2v) is 5.48. The van der Waals surface area contributed by atoms with Gasteiger partial charge in [0.25, 0.3) is 0 Å². The van der Waals surface area contributed by atoms with Crippen LogP contribution in [0.5, 0.6) is 5.75 Å². The van der Waals surface area contributed by atoms with Gasteiger partial charge >= 0.3 is 5.97 Å². The van der Waals surface area contributed by atoms with Gasteiger partial charge in [-0.1, -0.05) is 0 Å². The molecule has 0 spiro atoms. The summed E-state index contributed by atoms with van der Waals surface area (Å²) in [6.45, 7) is 1.77. The smallest absolute Gasteiger partial charge is 0.306 e. The second kappa shape index (κ2) is 6.37. The van der Waals surface area contributed by atoms with Gasteiger partial charge in [0, 0.05) is 6.07 Å². The molecule has 1 rings (SSSR count). The highest BCUT2D eigenvalue weighted by molar-refractivity contribution is 7.92. The molecule has 0 saturated carbocycles. The van der Waals surface area contributed by atoms with Crippen LogP contribution in [0, 0.1) is 5.82 Å². The number of sulfonamides is 1. The Hall–Kier alpha value is -1.83. The van der Waals surface area contributed by atoms with E-state index in [4.69, 9.17) is 5.11 Å². The van der Waals surface area contributed by atoms with Crippen molar-refractivity contribution in [3.8, 4) is 5.75 Å². The number of carbonyl (C=O) groups is 1.